The summed E-state index contributed by atoms with van der Waals surface area (Å²) in [7, 11) is 1.44. The third-order valence-electron chi connectivity index (χ3n) is 5.88. The minimum absolute atomic E-state index is 0.120. The van der Waals surface area contributed by atoms with Crippen molar-refractivity contribution in [1.29, 1.82) is 0 Å². The van der Waals surface area contributed by atoms with Gasteiger partial charge in [-0.3, -0.25) is 9.59 Å². The fraction of sp³-hybridized carbons (Fsp3) is 0.200. The molecule has 0 aliphatic carbocycles. The number of rotatable bonds is 8. The molecule has 13 heteroatoms. The van der Waals surface area contributed by atoms with Gasteiger partial charge in [-0.15, -0.1) is 16.4 Å². The quantitative estimate of drug-likeness (QED) is 0.300. The molecule has 0 atom stereocenters. The lowest BCUT2D eigenvalue weighted by Crippen LogP contribution is -2.30. The molecule has 5 aromatic rings. The zero-order valence-electron chi connectivity index (χ0n) is 20.7. The number of nitrogens with one attached hydrogen (secondary N) is 2. The van der Waals surface area contributed by atoms with E-state index in [4.69, 9.17) is 16.3 Å². The van der Waals surface area contributed by atoms with E-state index in [0.717, 1.165) is 16.1 Å². The Morgan fingerprint density at radius 1 is 1.13 bits per heavy atom. The van der Waals surface area contributed by atoms with E-state index in [9.17, 15) is 9.59 Å². The van der Waals surface area contributed by atoms with E-state index in [1.807, 2.05) is 19.9 Å². The average molecular weight is 551 g/mol. The second kappa shape index (κ2) is 10.6. The van der Waals surface area contributed by atoms with Crippen LogP contribution >= 0.6 is 22.9 Å². The molecule has 0 unspecified atom stereocenters. The van der Waals surface area contributed by atoms with Gasteiger partial charge in [-0.1, -0.05) is 11.6 Å². The smallest absolute Gasteiger partial charge is 0.274 e. The van der Waals surface area contributed by atoms with E-state index >= 15 is 0 Å². The Bertz CT molecular complexity index is 1660. The Kier molecular flexibility index (Phi) is 7.07. The van der Waals surface area contributed by atoms with Crippen LogP contribution in [-0.4, -0.2) is 54.8 Å². The van der Waals surface area contributed by atoms with E-state index in [1.54, 1.807) is 47.4 Å². The Balaban J connectivity index is 1.49. The highest BCUT2D eigenvalue weighted by Gasteiger charge is 2.25. The van der Waals surface area contributed by atoms with Crippen molar-refractivity contribution < 1.29 is 14.3 Å². The number of pyridine rings is 2. The molecule has 5 rings (SSSR count). The van der Waals surface area contributed by atoms with Gasteiger partial charge in [0.1, 0.15) is 5.69 Å². The fourth-order valence-corrected chi connectivity index (χ4v) is 4.98. The Hall–Kier alpha value is -4.29. The van der Waals surface area contributed by atoms with Crippen LogP contribution < -0.4 is 15.4 Å². The molecule has 11 nitrogen and oxygen atoms in total. The maximum atomic E-state index is 13.6. The summed E-state index contributed by atoms with van der Waals surface area (Å²) in [6.45, 7) is 4.15. The minimum Gasteiger partial charge on any atom is -0.480 e. The van der Waals surface area contributed by atoms with Gasteiger partial charge < -0.3 is 15.4 Å². The van der Waals surface area contributed by atoms with Gasteiger partial charge in [0.05, 0.1) is 40.7 Å². The lowest BCUT2D eigenvalue weighted by atomic mass is 10.1. The number of hydrogen-bond donors (Lipinski definition) is 2. The lowest BCUT2D eigenvalue weighted by molar-refractivity contribution is 0.0947. The summed E-state index contributed by atoms with van der Waals surface area (Å²) in [4.78, 5) is 36.6. The summed E-state index contributed by atoms with van der Waals surface area (Å²) in [5, 5.41) is 14.8. The summed E-state index contributed by atoms with van der Waals surface area (Å²) < 4.78 is 8.05. The van der Waals surface area contributed by atoms with E-state index in [1.165, 1.54) is 22.4 Å². The van der Waals surface area contributed by atoms with Crippen LogP contribution in [0.2, 0.25) is 5.02 Å². The topological polar surface area (TPSA) is 128 Å². The molecule has 0 aliphatic rings. The largest absolute Gasteiger partial charge is 0.480 e. The average Bonchev–Trinajstić information content (AvgIpc) is 3.64. The number of aryl methyl sites for hydroxylation is 2. The standard InChI is InChI=1S/C25H23ClN8O3S/c1-14-11-16-6-10-30-33(16)22(25(36)28-9-7-19-15(2)29-13-38-19)21(14)31-24(35)18-12-20(37-3)32-34(18)23-17(26)5-4-8-27-23/h4-6,8,10-13H,7,9H2,1-3H3,(H,28,36)(H,31,35). The number of ether oxygens (including phenoxy) is 1. The van der Waals surface area contributed by atoms with Crippen LogP contribution in [0.4, 0.5) is 5.69 Å². The molecule has 38 heavy (non-hydrogen) atoms. The summed E-state index contributed by atoms with van der Waals surface area (Å²) in [6, 6.07) is 8.42. The molecular formula is C25H23ClN8O3S. The molecule has 5 heterocycles. The van der Waals surface area contributed by atoms with Gasteiger partial charge >= 0.3 is 0 Å². The van der Waals surface area contributed by atoms with Crippen molar-refractivity contribution in [2.24, 2.45) is 0 Å². The number of hydrogen-bond acceptors (Lipinski definition) is 8. The van der Waals surface area contributed by atoms with Gasteiger partial charge in [-0.2, -0.15) is 5.10 Å². The van der Waals surface area contributed by atoms with Gasteiger partial charge in [0, 0.05) is 30.1 Å². The van der Waals surface area contributed by atoms with Crippen LogP contribution in [0.5, 0.6) is 5.88 Å². The highest BCUT2D eigenvalue weighted by molar-refractivity contribution is 7.09. The first-order chi connectivity index (χ1) is 18.4. The maximum Gasteiger partial charge on any atom is 0.274 e. The molecule has 5 aromatic heterocycles. The van der Waals surface area contributed by atoms with Crippen LogP contribution in [0, 0.1) is 13.8 Å². The van der Waals surface area contributed by atoms with Crippen LogP contribution in [0.3, 0.4) is 0 Å². The van der Waals surface area contributed by atoms with Crippen LogP contribution in [0.1, 0.15) is 37.1 Å². The zero-order chi connectivity index (χ0) is 26.8. The van der Waals surface area contributed by atoms with Crippen molar-refractivity contribution >= 4 is 46.0 Å². The zero-order valence-corrected chi connectivity index (χ0v) is 22.3. The van der Waals surface area contributed by atoms with Crippen molar-refractivity contribution in [3.8, 4) is 11.7 Å². The molecule has 2 amide bonds. The molecule has 0 saturated heterocycles. The highest BCUT2D eigenvalue weighted by atomic mass is 35.5. The molecule has 0 fully saturated rings. The fourth-order valence-electron chi connectivity index (χ4n) is 4.00. The number of fused-ring (bicyclic) bond motifs is 1. The van der Waals surface area contributed by atoms with E-state index in [-0.39, 0.29) is 29.0 Å². The van der Waals surface area contributed by atoms with Crippen LogP contribution in [0.25, 0.3) is 11.3 Å². The summed E-state index contributed by atoms with van der Waals surface area (Å²) in [6.07, 6.45) is 3.78. The molecule has 0 aromatic carbocycles. The number of aromatic nitrogens is 6. The number of carbonyl (C=O) groups is 2. The van der Waals surface area contributed by atoms with Crippen LogP contribution in [-0.2, 0) is 6.42 Å². The number of halogens is 1. The number of carbonyl (C=O) groups excluding carboxylic acids is 2. The Labute approximate surface area is 226 Å². The van der Waals surface area contributed by atoms with E-state index < -0.39 is 5.91 Å². The van der Waals surface area contributed by atoms with E-state index in [0.29, 0.717) is 29.2 Å². The van der Waals surface area contributed by atoms with Crippen LogP contribution in [0.15, 0.2) is 48.2 Å². The highest BCUT2D eigenvalue weighted by Crippen LogP contribution is 2.26. The Morgan fingerprint density at radius 3 is 2.71 bits per heavy atom. The number of anilines is 1. The normalized spacial score (nSPS) is 11.1. The minimum atomic E-state index is -0.536. The maximum absolute atomic E-state index is 13.6. The monoisotopic (exact) mass is 550 g/mol. The number of methoxy groups -OCH3 is 1. The van der Waals surface area contributed by atoms with E-state index in [2.05, 4.69) is 30.8 Å². The summed E-state index contributed by atoms with van der Waals surface area (Å²) >= 11 is 7.87. The van der Waals surface area contributed by atoms with Crippen molar-refractivity contribution in [3.05, 3.63) is 80.8 Å². The van der Waals surface area contributed by atoms with Gasteiger partial charge in [0.2, 0.25) is 5.88 Å². The molecule has 0 spiro atoms. The molecule has 0 saturated carbocycles. The lowest BCUT2D eigenvalue weighted by Gasteiger charge is -2.16. The molecule has 0 bridgehead atoms. The van der Waals surface area contributed by atoms with Gasteiger partial charge in [-0.05, 0) is 43.7 Å². The number of nitrogens with zero attached hydrogens (tertiary/aromatic N) is 6. The first kappa shape index (κ1) is 25.4. The van der Waals surface area contributed by atoms with Gasteiger partial charge in [-0.25, -0.2) is 19.2 Å². The number of amides is 2. The molecule has 0 aliphatic heterocycles. The third kappa shape index (κ3) is 4.83. The summed E-state index contributed by atoms with van der Waals surface area (Å²) in [5.41, 5.74) is 4.77. The molecular weight excluding hydrogens is 528 g/mol. The van der Waals surface area contributed by atoms with Crippen molar-refractivity contribution in [1.82, 2.24) is 34.7 Å². The SMILES string of the molecule is COc1cc(C(=O)Nc2c(C)cc3ccnn3c2C(=O)NCCc2scnc2C)n(-c2ncccc2Cl)n1. The second-order valence-corrected chi connectivity index (χ2v) is 9.68. The molecule has 2 N–H and O–H groups in total. The molecule has 0 radical (unpaired) electrons. The number of thiazole rings is 1. The van der Waals surface area contributed by atoms with Gasteiger partial charge in [0.25, 0.3) is 11.8 Å². The van der Waals surface area contributed by atoms with Crippen molar-refractivity contribution in [2.45, 2.75) is 20.3 Å². The first-order valence-electron chi connectivity index (χ1n) is 11.6. The van der Waals surface area contributed by atoms with Gasteiger partial charge in [0.15, 0.2) is 11.5 Å². The third-order valence-corrected chi connectivity index (χ3v) is 7.17. The van der Waals surface area contributed by atoms with Crippen molar-refractivity contribution in [2.75, 3.05) is 19.0 Å². The molecule has 194 valence electrons. The van der Waals surface area contributed by atoms with Crippen molar-refractivity contribution in [3.63, 3.8) is 0 Å². The first-order valence-corrected chi connectivity index (χ1v) is 12.8. The second-order valence-electron chi connectivity index (χ2n) is 8.33. The predicted octanol–water partition coefficient (Wildman–Crippen LogP) is 3.88. The summed E-state index contributed by atoms with van der Waals surface area (Å²) in [5.74, 6) is -0.448. The predicted molar refractivity (Wildman–Crippen MR) is 144 cm³/mol. The Morgan fingerprint density at radius 2 is 1.97 bits per heavy atom.